The van der Waals surface area contributed by atoms with Crippen molar-refractivity contribution in [1.82, 2.24) is 14.9 Å². The first-order valence-electron chi connectivity index (χ1n) is 11.4. The molecule has 1 fully saturated rings. The third-order valence-corrected chi connectivity index (χ3v) is 6.77. The molecule has 0 spiro atoms. The van der Waals surface area contributed by atoms with Gasteiger partial charge in [0, 0.05) is 42.0 Å². The van der Waals surface area contributed by atoms with E-state index in [1.165, 1.54) is 82.3 Å². The summed E-state index contributed by atoms with van der Waals surface area (Å²) < 4.78 is 0. The van der Waals surface area contributed by atoms with Crippen LogP contribution in [-0.4, -0.2) is 28.0 Å². The van der Waals surface area contributed by atoms with Gasteiger partial charge in [-0.15, -0.1) is 0 Å². The molecule has 1 N–H and O–H groups in total. The molecule has 2 aromatic heterocycles. The molecule has 1 aliphatic carbocycles. The molecular formula is C28H27N3. The predicted molar refractivity (Wildman–Crippen MR) is 128 cm³/mol. The van der Waals surface area contributed by atoms with Crippen LogP contribution >= 0.6 is 0 Å². The van der Waals surface area contributed by atoms with Gasteiger partial charge in [-0.3, -0.25) is 9.88 Å². The Morgan fingerprint density at radius 2 is 1.68 bits per heavy atom. The maximum Gasteiger partial charge on any atom is 0.0520 e. The first-order chi connectivity index (χ1) is 15.3. The van der Waals surface area contributed by atoms with Crippen molar-refractivity contribution in [2.24, 2.45) is 0 Å². The van der Waals surface area contributed by atoms with Crippen LogP contribution in [0.4, 0.5) is 0 Å². The van der Waals surface area contributed by atoms with Gasteiger partial charge in [0.1, 0.15) is 0 Å². The molecule has 0 radical (unpaired) electrons. The van der Waals surface area contributed by atoms with Gasteiger partial charge in [-0.1, -0.05) is 42.8 Å². The Morgan fingerprint density at radius 1 is 0.839 bits per heavy atom. The molecule has 0 saturated carbocycles. The van der Waals surface area contributed by atoms with Gasteiger partial charge in [0.25, 0.3) is 0 Å². The van der Waals surface area contributed by atoms with Crippen molar-refractivity contribution >= 4 is 16.5 Å². The van der Waals surface area contributed by atoms with E-state index in [1.54, 1.807) is 0 Å². The summed E-state index contributed by atoms with van der Waals surface area (Å²) in [6.07, 6.45) is 11.3. The molecule has 154 valence electrons. The first-order valence-corrected chi connectivity index (χ1v) is 11.4. The summed E-state index contributed by atoms with van der Waals surface area (Å²) in [6, 6.07) is 20.2. The normalized spacial score (nSPS) is 16.5. The number of hydrogen-bond donors (Lipinski definition) is 1. The van der Waals surface area contributed by atoms with Crippen LogP contribution in [0.3, 0.4) is 0 Å². The number of hydrogen-bond acceptors (Lipinski definition) is 2. The smallest absolute Gasteiger partial charge is 0.0520 e. The van der Waals surface area contributed by atoms with Gasteiger partial charge >= 0.3 is 0 Å². The van der Waals surface area contributed by atoms with E-state index in [0.717, 1.165) is 13.0 Å². The predicted octanol–water partition coefficient (Wildman–Crippen LogP) is 6.20. The van der Waals surface area contributed by atoms with Crippen LogP contribution in [0.1, 0.15) is 41.6 Å². The molecular weight excluding hydrogens is 378 g/mol. The highest BCUT2D eigenvalue weighted by Gasteiger charge is 2.18. The summed E-state index contributed by atoms with van der Waals surface area (Å²) in [7, 11) is 0. The molecule has 0 bridgehead atoms. The van der Waals surface area contributed by atoms with Crippen LogP contribution in [0.25, 0.3) is 27.6 Å². The van der Waals surface area contributed by atoms with E-state index in [0.29, 0.717) is 0 Å². The highest BCUT2D eigenvalue weighted by Crippen LogP contribution is 2.35. The van der Waals surface area contributed by atoms with E-state index in [1.807, 2.05) is 12.4 Å². The molecule has 0 amide bonds. The minimum absolute atomic E-state index is 0.908. The summed E-state index contributed by atoms with van der Waals surface area (Å²) in [5.74, 6) is 0. The number of nitrogens with one attached hydrogen (secondary N) is 1. The summed E-state index contributed by atoms with van der Waals surface area (Å²) in [4.78, 5) is 10.7. The highest BCUT2D eigenvalue weighted by atomic mass is 15.1. The van der Waals surface area contributed by atoms with Gasteiger partial charge < -0.3 is 4.98 Å². The van der Waals surface area contributed by atoms with Crippen molar-refractivity contribution in [2.45, 2.75) is 32.2 Å². The number of fused-ring (bicyclic) bond motifs is 2. The molecule has 0 unspecified atom stereocenters. The fourth-order valence-electron chi connectivity index (χ4n) is 5.03. The van der Waals surface area contributed by atoms with Gasteiger partial charge in [-0.25, -0.2) is 0 Å². The first kappa shape index (κ1) is 18.6. The zero-order chi connectivity index (χ0) is 20.6. The standard InChI is InChI=1S/C28H27N3/c1-2-14-31(15-3-1)19-20-4-6-21(7-5-20)24-17-26-25(9-11-28(26)30-18-24)22-8-10-27-23(16-22)12-13-29-27/h4-10,12-13,16-18,29H,1-3,11,14-15,19H2. The van der Waals surface area contributed by atoms with E-state index >= 15 is 0 Å². The Labute approximate surface area is 183 Å². The van der Waals surface area contributed by atoms with E-state index in [2.05, 4.69) is 70.6 Å². The van der Waals surface area contributed by atoms with Gasteiger partial charge in [-0.2, -0.15) is 0 Å². The number of rotatable bonds is 4. The molecule has 3 heterocycles. The van der Waals surface area contributed by atoms with Crippen LogP contribution in [0, 0.1) is 0 Å². The van der Waals surface area contributed by atoms with E-state index in [9.17, 15) is 0 Å². The lowest BCUT2D eigenvalue weighted by Gasteiger charge is -2.26. The largest absolute Gasteiger partial charge is 0.361 e. The maximum absolute atomic E-state index is 4.81. The van der Waals surface area contributed by atoms with E-state index in [4.69, 9.17) is 4.98 Å². The second-order valence-corrected chi connectivity index (χ2v) is 8.85. The van der Waals surface area contributed by atoms with Crippen LogP contribution in [0.2, 0.25) is 0 Å². The van der Waals surface area contributed by atoms with Crippen molar-refractivity contribution in [3.05, 3.63) is 95.5 Å². The molecule has 0 atom stereocenters. The third-order valence-electron chi connectivity index (χ3n) is 6.77. The number of allylic oxidation sites excluding steroid dienone is 1. The Bertz CT molecular complexity index is 1260. The second-order valence-electron chi connectivity index (χ2n) is 8.85. The van der Waals surface area contributed by atoms with Crippen molar-refractivity contribution in [1.29, 1.82) is 0 Å². The van der Waals surface area contributed by atoms with Crippen LogP contribution < -0.4 is 0 Å². The molecule has 1 aliphatic heterocycles. The SMILES string of the molecule is C1=C(c2ccc3[nH]ccc3c2)c2cc(-c3ccc(CN4CCCCC4)cc3)cnc2C1. The number of nitrogens with zero attached hydrogens (tertiary/aromatic N) is 2. The average Bonchev–Trinajstić information content (AvgIpc) is 3.46. The Morgan fingerprint density at radius 3 is 2.55 bits per heavy atom. The number of H-pyrrole nitrogens is 1. The average molecular weight is 406 g/mol. The number of likely N-dealkylation sites (tertiary alicyclic amines) is 1. The highest BCUT2D eigenvalue weighted by molar-refractivity contribution is 5.90. The minimum atomic E-state index is 0.908. The Kier molecular flexibility index (Phi) is 4.69. The van der Waals surface area contributed by atoms with Gasteiger partial charge in [0.15, 0.2) is 0 Å². The van der Waals surface area contributed by atoms with Gasteiger partial charge in [0.2, 0.25) is 0 Å². The van der Waals surface area contributed by atoms with E-state index in [-0.39, 0.29) is 0 Å². The monoisotopic (exact) mass is 405 g/mol. The number of aromatic nitrogens is 2. The van der Waals surface area contributed by atoms with Gasteiger partial charge in [0.05, 0.1) is 5.69 Å². The molecule has 3 nitrogen and oxygen atoms in total. The number of benzene rings is 2. The van der Waals surface area contributed by atoms with Gasteiger partial charge in [-0.05, 0) is 77.8 Å². The fraction of sp³-hybridized carbons (Fsp3) is 0.250. The van der Waals surface area contributed by atoms with Crippen molar-refractivity contribution < 1.29 is 0 Å². The molecule has 31 heavy (non-hydrogen) atoms. The van der Waals surface area contributed by atoms with Crippen LogP contribution in [-0.2, 0) is 13.0 Å². The zero-order valence-corrected chi connectivity index (χ0v) is 17.8. The topological polar surface area (TPSA) is 31.9 Å². The van der Waals surface area contributed by atoms with Crippen molar-refractivity contribution in [3.63, 3.8) is 0 Å². The van der Waals surface area contributed by atoms with Crippen LogP contribution in [0.5, 0.6) is 0 Å². The summed E-state index contributed by atoms with van der Waals surface area (Å²) in [5.41, 5.74) is 10.0. The van der Waals surface area contributed by atoms with E-state index < -0.39 is 0 Å². The zero-order valence-electron chi connectivity index (χ0n) is 17.8. The molecule has 2 aliphatic rings. The molecule has 1 saturated heterocycles. The van der Waals surface area contributed by atoms with Crippen molar-refractivity contribution in [2.75, 3.05) is 13.1 Å². The quantitative estimate of drug-likeness (QED) is 0.438. The summed E-state index contributed by atoms with van der Waals surface area (Å²) in [5, 5.41) is 1.25. The molecule has 6 rings (SSSR count). The van der Waals surface area contributed by atoms with Crippen LogP contribution in [0.15, 0.2) is 73.1 Å². The lowest BCUT2D eigenvalue weighted by Crippen LogP contribution is -2.28. The molecule has 4 aromatic rings. The summed E-state index contributed by atoms with van der Waals surface area (Å²) in [6.45, 7) is 3.54. The third kappa shape index (κ3) is 3.60. The second kappa shape index (κ2) is 7.82. The van der Waals surface area contributed by atoms with Crippen molar-refractivity contribution in [3.8, 4) is 11.1 Å². The maximum atomic E-state index is 4.81. The number of piperidine rings is 1. The Balaban J connectivity index is 1.27. The minimum Gasteiger partial charge on any atom is -0.361 e. The number of pyridine rings is 1. The number of aromatic amines is 1. The lowest BCUT2D eigenvalue weighted by atomic mass is 9.97. The Hall–Kier alpha value is -3.17. The molecule has 3 heteroatoms. The lowest BCUT2D eigenvalue weighted by molar-refractivity contribution is 0.221. The fourth-order valence-corrected chi connectivity index (χ4v) is 5.03. The summed E-state index contributed by atoms with van der Waals surface area (Å²) >= 11 is 0. The molecule has 2 aromatic carbocycles.